The molecule has 2 aliphatic rings. The van der Waals surface area contributed by atoms with Gasteiger partial charge in [-0.2, -0.15) is 0 Å². The number of anilines is 2. The average Bonchev–Trinajstić information content (AvgIpc) is 3.47. The van der Waals surface area contributed by atoms with Crippen LogP contribution in [0.4, 0.5) is 11.4 Å². The Morgan fingerprint density at radius 2 is 1.63 bits per heavy atom. The molecule has 1 aromatic heterocycles. The van der Waals surface area contributed by atoms with Gasteiger partial charge in [-0.15, -0.1) is 0 Å². The van der Waals surface area contributed by atoms with Crippen LogP contribution in [0.5, 0.6) is 5.75 Å². The molecule has 0 saturated carbocycles. The molecule has 0 spiro atoms. The average molecular weight is 425 g/mol. The van der Waals surface area contributed by atoms with E-state index in [0.717, 1.165) is 0 Å². The largest absolute Gasteiger partial charge is 0.497 e. The number of amides is 2. The van der Waals surface area contributed by atoms with Crippen molar-refractivity contribution in [3.63, 3.8) is 0 Å². The van der Waals surface area contributed by atoms with Gasteiger partial charge in [0.2, 0.25) is 5.91 Å². The zero-order chi connectivity index (χ0) is 20.8. The number of hydrogen-bond donors (Lipinski definition) is 0. The number of rotatable bonds is 4. The molecule has 3 aromatic rings. The topological polar surface area (TPSA) is 72.2 Å². The zero-order valence-electron chi connectivity index (χ0n) is 15.9. The van der Waals surface area contributed by atoms with Crippen molar-refractivity contribution in [1.82, 2.24) is 0 Å². The molecule has 2 amide bonds. The lowest BCUT2D eigenvalue weighted by Crippen LogP contribution is -2.37. The van der Waals surface area contributed by atoms with E-state index < -0.39 is 24.0 Å². The van der Waals surface area contributed by atoms with Crippen molar-refractivity contribution in [3.8, 4) is 5.75 Å². The molecule has 30 heavy (non-hydrogen) atoms. The molecule has 2 aliphatic heterocycles. The summed E-state index contributed by atoms with van der Waals surface area (Å²) in [5.41, 5.74) is 1.15. The molecule has 7 nitrogen and oxygen atoms in total. The van der Waals surface area contributed by atoms with Gasteiger partial charge in [0, 0.05) is 5.02 Å². The van der Waals surface area contributed by atoms with E-state index in [2.05, 4.69) is 0 Å². The number of carbonyl (C=O) groups is 2. The third kappa shape index (κ3) is 2.86. The zero-order valence-corrected chi connectivity index (χ0v) is 16.7. The van der Waals surface area contributed by atoms with Crippen molar-refractivity contribution in [1.29, 1.82) is 0 Å². The minimum absolute atomic E-state index is 0.340. The van der Waals surface area contributed by atoms with E-state index in [-0.39, 0.29) is 5.91 Å². The second-order valence-corrected chi connectivity index (χ2v) is 7.46. The van der Waals surface area contributed by atoms with Crippen molar-refractivity contribution < 1.29 is 23.6 Å². The van der Waals surface area contributed by atoms with E-state index in [4.69, 9.17) is 25.6 Å². The molecule has 2 saturated heterocycles. The number of benzene rings is 2. The molecular weight excluding hydrogens is 408 g/mol. The van der Waals surface area contributed by atoms with Crippen molar-refractivity contribution >= 4 is 34.8 Å². The van der Waals surface area contributed by atoms with Gasteiger partial charge in [-0.3, -0.25) is 14.4 Å². The minimum atomic E-state index is -0.953. The van der Waals surface area contributed by atoms with E-state index in [1.165, 1.54) is 11.2 Å². The summed E-state index contributed by atoms with van der Waals surface area (Å²) in [5.74, 6) is -0.329. The normalized spacial score (nSPS) is 23.2. The van der Waals surface area contributed by atoms with Gasteiger partial charge in [0.25, 0.3) is 5.91 Å². The van der Waals surface area contributed by atoms with Gasteiger partial charge < -0.3 is 9.15 Å². The second-order valence-electron chi connectivity index (χ2n) is 7.02. The number of hydrogen-bond acceptors (Lipinski definition) is 6. The van der Waals surface area contributed by atoms with Gasteiger partial charge in [-0.25, -0.2) is 9.96 Å². The molecule has 3 atom stereocenters. The number of furan rings is 1. The summed E-state index contributed by atoms with van der Waals surface area (Å²) in [4.78, 5) is 33.8. The molecule has 2 fully saturated rings. The first-order chi connectivity index (χ1) is 14.6. The number of halogens is 1. The van der Waals surface area contributed by atoms with Crippen LogP contribution < -0.4 is 14.7 Å². The lowest BCUT2D eigenvalue weighted by Gasteiger charge is -2.27. The highest BCUT2D eigenvalue weighted by molar-refractivity contribution is 6.30. The molecule has 0 aliphatic carbocycles. The molecule has 0 bridgehead atoms. The van der Waals surface area contributed by atoms with E-state index >= 15 is 0 Å². The maximum Gasteiger partial charge on any atom is 0.266 e. The number of imide groups is 1. The van der Waals surface area contributed by atoms with Gasteiger partial charge in [0.05, 0.1) is 24.7 Å². The Hall–Kier alpha value is -3.29. The maximum atomic E-state index is 13.4. The third-order valence-electron chi connectivity index (χ3n) is 5.36. The molecule has 152 valence electrons. The Bertz CT molecular complexity index is 1080. The first kappa shape index (κ1) is 18.7. The van der Waals surface area contributed by atoms with Crippen LogP contribution in [0.2, 0.25) is 5.02 Å². The summed E-state index contributed by atoms with van der Waals surface area (Å²) < 4.78 is 10.8. The van der Waals surface area contributed by atoms with Crippen LogP contribution in [0.1, 0.15) is 11.8 Å². The van der Waals surface area contributed by atoms with Crippen LogP contribution in [-0.2, 0) is 14.4 Å². The summed E-state index contributed by atoms with van der Waals surface area (Å²) in [5, 5.41) is 2.14. The predicted octanol–water partition coefficient (Wildman–Crippen LogP) is 3.99. The summed E-state index contributed by atoms with van der Waals surface area (Å²) in [7, 11) is 1.55. The van der Waals surface area contributed by atoms with Crippen molar-refractivity contribution in [2.75, 3.05) is 17.1 Å². The van der Waals surface area contributed by atoms with Gasteiger partial charge in [-0.1, -0.05) is 11.6 Å². The van der Waals surface area contributed by atoms with E-state index in [1.54, 1.807) is 72.8 Å². The number of methoxy groups -OCH3 is 1. The Balaban J connectivity index is 1.53. The standard InChI is InChI=1S/C22H17ClN2O5/c1-28-16-10-8-14(9-11-16)24-21(26)18-19(17-3-2-12-29-17)25(30-20(18)22(24)27)15-6-4-13(23)5-7-15/h2-12,18-20H,1H3/t18-,19-,20+/m0/s1. The molecule has 2 aromatic carbocycles. The minimum Gasteiger partial charge on any atom is -0.497 e. The highest BCUT2D eigenvalue weighted by Gasteiger charge is 2.61. The van der Waals surface area contributed by atoms with Gasteiger partial charge in [0.1, 0.15) is 23.5 Å². The van der Waals surface area contributed by atoms with Crippen LogP contribution in [0.3, 0.4) is 0 Å². The number of fused-ring (bicyclic) bond motifs is 1. The number of hydroxylamine groups is 1. The smallest absolute Gasteiger partial charge is 0.266 e. The molecule has 0 unspecified atom stereocenters. The molecule has 0 radical (unpaired) electrons. The van der Waals surface area contributed by atoms with Crippen molar-refractivity contribution in [3.05, 3.63) is 77.7 Å². The van der Waals surface area contributed by atoms with Crippen LogP contribution in [0.25, 0.3) is 0 Å². The summed E-state index contributed by atoms with van der Waals surface area (Å²) in [6.45, 7) is 0. The Kier molecular flexibility index (Phi) is 4.49. The Morgan fingerprint density at radius 1 is 0.933 bits per heavy atom. The summed E-state index contributed by atoms with van der Waals surface area (Å²) >= 11 is 6.00. The predicted molar refractivity (Wildman–Crippen MR) is 109 cm³/mol. The number of ether oxygens (including phenoxy) is 1. The fourth-order valence-corrected chi connectivity index (χ4v) is 4.09. The highest BCUT2D eigenvalue weighted by Crippen LogP contribution is 2.47. The van der Waals surface area contributed by atoms with Crippen molar-refractivity contribution in [2.45, 2.75) is 12.1 Å². The second kappa shape index (κ2) is 7.19. The van der Waals surface area contributed by atoms with Crippen LogP contribution in [0.15, 0.2) is 71.3 Å². The fourth-order valence-electron chi connectivity index (χ4n) is 3.96. The molecule has 5 rings (SSSR count). The van der Waals surface area contributed by atoms with Crippen LogP contribution in [-0.4, -0.2) is 25.0 Å². The molecule has 8 heteroatoms. The Labute approximate surface area is 177 Å². The lowest BCUT2D eigenvalue weighted by molar-refractivity contribution is -0.126. The maximum absolute atomic E-state index is 13.4. The number of nitrogens with zero attached hydrogens (tertiary/aromatic N) is 2. The van der Waals surface area contributed by atoms with Crippen LogP contribution >= 0.6 is 11.6 Å². The number of carbonyl (C=O) groups excluding carboxylic acids is 2. The van der Waals surface area contributed by atoms with Crippen LogP contribution in [0, 0.1) is 5.92 Å². The van der Waals surface area contributed by atoms with E-state index in [0.29, 0.717) is 27.9 Å². The third-order valence-corrected chi connectivity index (χ3v) is 5.61. The van der Waals surface area contributed by atoms with Crippen molar-refractivity contribution in [2.24, 2.45) is 5.92 Å². The Morgan fingerprint density at radius 3 is 2.27 bits per heavy atom. The SMILES string of the molecule is COc1ccc(N2C(=O)[C@@H]3[C@@H](ON(c4ccc(Cl)cc4)[C@H]3c3ccco3)C2=O)cc1. The fraction of sp³-hybridized carbons (Fsp3) is 0.182. The molecular formula is C22H17ClN2O5. The first-order valence-corrected chi connectivity index (χ1v) is 9.73. The van der Waals surface area contributed by atoms with Gasteiger partial charge >= 0.3 is 0 Å². The first-order valence-electron chi connectivity index (χ1n) is 9.35. The summed E-state index contributed by atoms with van der Waals surface area (Å²) in [6, 6.07) is 16.7. The lowest BCUT2D eigenvalue weighted by atomic mass is 9.94. The summed E-state index contributed by atoms with van der Waals surface area (Å²) in [6.07, 6.45) is 0.580. The highest BCUT2D eigenvalue weighted by atomic mass is 35.5. The van der Waals surface area contributed by atoms with E-state index in [1.807, 2.05) is 0 Å². The van der Waals surface area contributed by atoms with Gasteiger partial charge in [-0.05, 0) is 60.7 Å². The monoisotopic (exact) mass is 424 g/mol. The molecule has 3 heterocycles. The van der Waals surface area contributed by atoms with E-state index in [9.17, 15) is 9.59 Å². The quantitative estimate of drug-likeness (QED) is 0.590. The van der Waals surface area contributed by atoms with Gasteiger partial charge in [0.15, 0.2) is 6.10 Å². The molecule has 0 N–H and O–H groups in total.